The molecule has 30 heavy (non-hydrogen) atoms. The molecular weight excluding hydrogens is 398 g/mol. The second kappa shape index (κ2) is 9.96. The molecule has 3 aromatic rings. The molecule has 5 heteroatoms. The van der Waals surface area contributed by atoms with Gasteiger partial charge in [-0.3, -0.25) is 0 Å². The van der Waals surface area contributed by atoms with Gasteiger partial charge in [-0.05, 0) is 73.5 Å². The summed E-state index contributed by atoms with van der Waals surface area (Å²) in [5.41, 5.74) is 2.97. The van der Waals surface area contributed by atoms with E-state index in [1.807, 2.05) is 56.3 Å². The third-order valence-corrected chi connectivity index (χ3v) is 4.67. The molecule has 3 aromatic carbocycles. The Labute approximate surface area is 181 Å². The lowest BCUT2D eigenvalue weighted by atomic mass is 10.0. The monoisotopic (exact) mass is 419 g/mol. The standard InChI is InChI=1S/C25H22ClNO3/c1-17(26)15-18(2)29-23-13-9-21(10-14-23)20-5-7-22(8-6-20)25(28)30-24-11-3-19(16-27)4-12-24/h3-14,17-18H,15H2,1-2H3/t17-,18-/m1/s1. The molecule has 0 spiro atoms. The van der Waals surface area contributed by atoms with Crippen molar-refractivity contribution in [2.45, 2.75) is 31.7 Å². The fraction of sp³-hybridized carbons (Fsp3) is 0.200. The molecule has 0 fully saturated rings. The lowest BCUT2D eigenvalue weighted by molar-refractivity contribution is 0.0735. The number of carbonyl (C=O) groups excluding carboxylic acids is 1. The van der Waals surface area contributed by atoms with Gasteiger partial charge in [0, 0.05) is 11.8 Å². The van der Waals surface area contributed by atoms with Crippen LogP contribution >= 0.6 is 11.6 Å². The van der Waals surface area contributed by atoms with E-state index in [1.54, 1.807) is 36.4 Å². The van der Waals surface area contributed by atoms with Gasteiger partial charge < -0.3 is 9.47 Å². The highest BCUT2D eigenvalue weighted by Gasteiger charge is 2.10. The molecule has 0 radical (unpaired) electrons. The number of hydrogen-bond donors (Lipinski definition) is 0. The van der Waals surface area contributed by atoms with Crippen LogP contribution in [0.1, 0.15) is 36.2 Å². The molecule has 0 amide bonds. The number of carbonyl (C=O) groups is 1. The molecule has 0 heterocycles. The zero-order chi connectivity index (χ0) is 21.5. The van der Waals surface area contributed by atoms with Crippen molar-refractivity contribution in [1.29, 1.82) is 5.26 Å². The van der Waals surface area contributed by atoms with Gasteiger partial charge in [-0.2, -0.15) is 5.26 Å². The summed E-state index contributed by atoms with van der Waals surface area (Å²) in [6, 6.07) is 23.5. The van der Waals surface area contributed by atoms with Gasteiger partial charge in [0.05, 0.1) is 23.3 Å². The molecule has 0 unspecified atom stereocenters. The Morgan fingerprint density at radius 3 is 1.97 bits per heavy atom. The third-order valence-electron chi connectivity index (χ3n) is 4.50. The van der Waals surface area contributed by atoms with Crippen LogP contribution in [0.5, 0.6) is 11.5 Å². The van der Waals surface area contributed by atoms with Gasteiger partial charge >= 0.3 is 5.97 Å². The summed E-state index contributed by atoms with van der Waals surface area (Å²) >= 11 is 6.01. The van der Waals surface area contributed by atoms with Crippen LogP contribution in [0.15, 0.2) is 72.8 Å². The predicted molar refractivity (Wildman–Crippen MR) is 118 cm³/mol. The summed E-state index contributed by atoms with van der Waals surface area (Å²) in [4.78, 5) is 12.3. The Morgan fingerprint density at radius 2 is 1.43 bits per heavy atom. The molecule has 0 aliphatic carbocycles. The fourth-order valence-electron chi connectivity index (χ4n) is 3.03. The molecule has 0 saturated carbocycles. The summed E-state index contributed by atoms with van der Waals surface area (Å²) in [6.07, 6.45) is 0.827. The number of nitriles is 1. The summed E-state index contributed by atoms with van der Waals surface area (Å²) in [5, 5.41) is 8.89. The second-order valence-electron chi connectivity index (χ2n) is 7.07. The number of alkyl halides is 1. The Hall–Kier alpha value is -3.29. The third kappa shape index (κ3) is 5.85. The maximum absolute atomic E-state index is 12.3. The average Bonchev–Trinajstić information content (AvgIpc) is 2.74. The number of rotatable bonds is 7. The van der Waals surface area contributed by atoms with E-state index in [4.69, 9.17) is 26.3 Å². The van der Waals surface area contributed by atoms with Crippen LogP contribution in [0.2, 0.25) is 0 Å². The number of benzene rings is 3. The molecule has 0 aliphatic rings. The first kappa shape index (κ1) is 21.4. The van der Waals surface area contributed by atoms with Gasteiger partial charge in [-0.1, -0.05) is 24.3 Å². The lowest BCUT2D eigenvalue weighted by Crippen LogP contribution is -2.15. The maximum atomic E-state index is 12.3. The van der Waals surface area contributed by atoms with E-state index in [2.05, 4.69) is 0 Å². The smallest absolute Gasteiger partial charge is 0.343 e. The van der Waals surface area contributed by atoms with Crippen LogP contribution in [0.3, 0.4) is 0 Å². The van der Waals surface area contributed by atoms with Crippen molar-refractivity contribution < 1.29 is 14.3 Å². The quantitative estimate of drug-likeness (QED) is 0.259. The van der Waals surface area contributed by atoms with Gasteiger partial charge in [0.1, 0.15) is 11.5 Å². The Morgan fingerprint density at radius 1 is 0.900 bits per heavy atom. The van der Waals surface area contributed by atoms with E-state index in [9.17, 15) is 4.79 Å². The van der Waals surface area contributed by atoms with E-state index in [0.717, 1.165) is 23.3 Å². The Balaban J connectivity index is 1.63. The van der Waals surface area contributed by atoms with Crippen LogP contribution < -0.4 is 9.47 Å². The van der Waals surface area contributed by atoms with Crippen molar-refractivity contribution in [2.75, 3.05) is 0 Å². The Bertz CT molecular complexity index is 1020. The highest BCUT2D eigenvalue weighted by atomic mass is 35.5. The summed E-state index contributed by atoms with van der Waals surface area (Å²) in [7, 11) is 0. The SMILES string of the molecule is C[C@H](C[C@@H](C)Cl)Oc1ccc(-c2ccc(C(=O)Oc3ccc(C#N)cc3)cc2)cc1. The van der Waals surface area contributed by atoms with Crippen LogP contribution in [0.4, 0.5) is 0 Å². The van der Waals surface area contributed by atoms with Crippen molar-refractivity contribution in [1.82, 2.24) is 0 Å². The van der Waals surface area contributed by atoms with Crippen molar-refractivity contribution in [3.8, 4) is 28.7 Å². The number of ether oxygens (including phenoxy) is 2. The van der Waals surface area contributed by atoms with Gasteiger partial charge in [0.15, 0.2) is 0 Å². The van der Waals surface area contributed by atoms with E-state index < -0.39 is 5.97 Å². The zero-order valence-electron chi connectivity index (χ0n) is 16.8. The van der Waals surface area contributed by atoms with E-state index >= 15 is 0 Å². The van der Waals surface area contributed by atoms with Gasteiger partial charge in [-0.15, -0.1) is 11.6 Å². The predicted octanol–water partition coefficient (Wildman–Crippen LogP) is 6.23. The topological polar surface area (TPSA) is 59.3 Å². The van der Waals surface area contributed by atoms with Crippen LogP contribution in [-0.4, -0.2) is 17.5 Å². The highest BCUT2D eigenvalue weighted by Crippen LogP contribution is 2.24. The molecule has 3 rings (SSSR count). The molecule has 2 atom stereocenters. The minimum absolute atomic E-state index is 0.0461. The molecule has 0 N–H and O–H groups in total. The second-order valence-corrected chi connectivity index (χ2v) is 7.82. The van der Waals surface area contributed by atoms with Crippen molar-refractivity contribution in [3.05, 3.63) is 83.9 Å². The van der Waals surface area contributed by atoms with Crippen LogP contribution in [0, 0.1) is 11.3 Å². The van der Waals surface area contributed by atoms with Crippen molar-refractivity contribution >= 4 is 17.6 Å². The van der Waals surface area contributed by atoms with E-state index in [-0.39, 0.29) is 11.5 Å². The average molecular weight is 420 g/mol. The molecule has 152 valence electrons. The molecule has 0 bridgehead atoms. The maximum Gasteiger partial charge on any atom is 0.343 e. The minimum Gasteiger partial charge on any atom is -0.491 e. The minimum atomic E-state index is -0.447. The first-order valence-corrected chi connectivity index (χ1v) is 10.1. The van der Waals surface area contributed by atoms with Crippen LogP contribution in [-0.2, 0) is 0 Å². The van der Waals surface area contributed by atoms with Gasteiger partial charge in [0.25, 0.3) is 0 Å². The molecule has 0 saturated heterocycles. The highest BCUT2D eigenvalue weighted by molar-refractivity contribution is 6.20. The largest absolute Gasteiger partial charge is 0.491 e. The molecule has 4 nitrogen and oxygen atoms in total. The molecule has 0 aliphatic heterocycles. The first-order valence-electron chi connectivity index (χ1n) is 9.68. The van der Waals surface area contributed by atoms with Gasteiger partial charge in [-0.25, -0.2) is 4.79 Å². The molecular formula is C25H22ClNO3. The van der Waals surface area contributed by atoms with Gasteiger partial charge in [0.2, 0.25) is 0 Å². The van der Waals surface area contributed by atoms with Crippen molar-refractivity contribution in [2.24, 2.45) is 0 Å². The van der Waals surface area contributed by atoms with Crippen molar-refractivity contribution in [3.63, 3.8) is 0 Å². The first-order chi connectivity index (χ1) is 14.4. The summed E-state index contributed by atoms with van der Waals surface area (Å²) < 4.78 is 11.2. The summed E-state index contributed by atoms with van der Waals surface area (Å²) in [5.74, 6) is 0.750. The zero-order valence-corrected chi connectivity index (χ0v) is 17.6. The number of halogens is 1. The number of nitrogens with zero attached hydrogens (tertiary/aromatic N) is 1. The number of esters is 1. The lowest BCUT2D eigenvalue weighted by Gasteiger charge is -2.16. The van der Waals surface area contributed by atoms with Crippen LogP contribution in [0.25, 0.3) is 11.1 Å². The molecule has 0 aromatic heterocycles. The van der Waals surface area contributed by atoms with E-state index in [0.29, 0.717) is 16.9 Å². The van der Waals surface area contributed by atoms with E-state index in [1.165, 1.54) is 0 Å². The Kier molecular flexibility index (Phi) is 7.11. The normalized spacial score (nSPS) is 12.5. The number of hydrogen-bond acceptors (Lipinski definition) is 4. The fourth-order valence-corrected chi connectivity index (χ4v) is 3.28. The summed E-state index contributed by atoms with van der Waals surface area (Å²) in [6.45, 7) is 3.96.